The second-order valence-electron chi connectivity index (χ2n) is 6.86. The number of fused-ring (bicyclic) bond motifs is 1. The molecule has 1 aliphatic rings. The number of hydrogen-bond acceptors (Lipinski definition) is 3. The van der Waals surface area contributed by atoms with E-state index in [4.69, 9.17) is 4.74 Å². The van der Waals surface area contributed by atoms with Crippen molar-refractivity contribution in [3.05, 3.63) is 77.6 Å². The summed E-state index contributed by atoms with van der Waals surface area (Å²) in [4.78, 5) is -0.664. The van der Waals surface area contributed by atoms with Crippen LogP contribution in [-0.2, 0) is 16.2 Å². The van der Waals surface area contributed by atoms with Crippen LogP contribution in [0.2, 0.25) is 0 Å². The van der Waals surface area contributed by atoms with Gasteiger partial charge in [-0.2, -0.15) is 13.2 Å². The quantitative estimate of drug-likeness (QED) is 0.480. The first kappa shape index (κ1) is 22.0. The monoisotopic (exact) mass is 473 g/mol. The summed E-state index contributed by atoms with van der Waals surface area (Å²) in [5, 5.41) is 0. The SMILES string of the molecule is O=S(=O)(c1cccc(C(F)(F)F)c1)N1CCOc2c(F)cc(-c3cccc(F)c3F)cc21. The van der Waals surface area contributed by atoms with Crippen LogP contribution in [0.25, 0.3) is 11.1 Å². The Morgan fingerprint density at radius 3 is 2.34 bits per heavy atom. The van der Waals surface area contributed by atoms with Crippen LogP contribution in [0.3, 0.4) is 0 Å². The maximum absolute atomic E-state index is 14.7. The Morgan fingerprint density at radius 1 is 0.906 bits per heavy atom. The van der Waals surface area contributed by atoms with Gasteiger partial charge >= 0.3 is 6.18 Å². The summed E-state index contributed by atoms with van der Waals surface area (Å²) in [6, 6.07) is 8.28. The second-order valence-corrected chi connectivity index (χ2v) is 8.72. The molecule has 4 rings (SSSR count). The molecule has 1 aliphatic heterocycles. The first-order chi connectivity index (χ1) is 15.0. The van der Waals surface area contributed by atoms with Gasteiger partial charge < -0.3 is 4.74 Å². The van der Waals surface area contributed by atoms with Crippen molar-refractivity contribution in [3.63, 3.8) is 0 Å². The van der Waals surface area contributed by atoms with E-state index in [9.17, 15) is 34.8 Å². The van der Waals surface area contributed by atoms with Crippen molar-refractivity contribution in [2.24, 2.45) is 0 Å². The molecule has 0 atom stereocenters. The molecule has 0 radical (unpaired) electrons. The molecule has 3 aromatic carbocycles. The van der Waals surface area contributed by atoms with Gasteiger partial charge in [-0.3, -0.25) is 4.31 Å². The molecule has 0 unspecified atom stereocenters. The van der Waals surface area contributed by atoms with Crippen LogP contribution in [0.4, 0.5) is 32.0 Å². The van der Waals surface area contributed by atoms with Gasteiger partial charge in [0.2, 0.25) is 0 Å². The van der Waals surface area contributed by atoms with E-state index >= 15 is 0 Å². The molecule has 0 bridgehead atoms. The number of benzene rings is 3. The van der Waals surface area contributed by atoms with Gasteiger partial charge in [0.05, 0.1) is 22.7 Å². The van der Waals surface area contributed by atoms with E-state index in [0.29, 0.717) is 10.4 Å². The third-order valence-corrected chi connectivity index (χ3v) is 6.65. The number of rotatable bonds is 3. The molecule has 0 aromatic heterocycles. The molecule has 0 spiro atoms. The van der Waals surface area contributed by atoms with Crippen molar-refractivity contribution in [3.8, 4) is 16.9 Å². The molecule has 0 saturated carbocycles. The van der Waals surface area contributed by atoms with Crippen LogP contribution in [-0.4, -0.2) is 21.6 Å². The van der Waals surface area contributed by atoms with Crippen LogP contribution >= 0.6 is 0 Å². The van der Waals surface area contributed by atoms with Crippen molar-refractivity contribution in [1.29, 1.82) is 0 Å². The smallest absolute Gasteiger partial charge is 0.416 e. The van der Waals surface area contributed by atoms with Crippen molar-refractivity contribution >= 4 is 15.7 Å². The lowest BCUT2D eigenvalue weighted by molar-refractivity contribution is -0.137. The second kappa shape index (κ2) is 7.73. The fourth-order valence-corrected chi connectivity index (χ4v) is 4.84. The van der Waals surface area contributed by atoms with Gasteiger partial charge in [0.25, 0.3) is 10.0 Å². The fourth-order valence-electron chi connectivity index (χ4n) is 3.35. The Bertz CT molecular complexity index is 1310. The van der Waals surface area contributed by atoms with Gasteiger partial charge in [-0.1, -0.05) is 18.2 Å². The van der Waals surface area contributed by atoms with Crippen LogP contribution < -0.4 is 9.04 Å². The number of nitrogens with zero attached hydrogens (tertiary/aromatic N) is 1. The van der Waals surface area contributed by atoms with Crippen molar-refractivity contribution < 1.29 is 39.5 Å². The molecule has 4 nitrogen and oxygen atoms in total. The normalized spacial score (nSPS) is 14.1. The molecule has 0 aliphatic carbocycles. The van der Waals surface area contributed by atoms with Gasteiger partial charge in [0.15, 0.2) is 23.2 Å². The summed E-state index contributed by atoms with van der Waals surface area (Å²) in [5.41, 5.74) is -2.01. The van der Waals surface area contributed by atoms with E-state index in [1.165, 1.54) is 12.1 Å². The zero-order valence-electron chi connectivity index (χ0n) is 16.0. The number of anilines is 1. The molecule has 0 amide bonds. The highest BCUT2D eigenvalue weighted by Gasteiger charge is 2.35. The van der Waals surface area contributed by atoms with E-state index in [-0.39, 0.29) is 30.0 Å². The minimum atomic E-state index is -4.78. The molecule has 0 saturated heterocycles. The molecule has 11 heteroatoms. The van der Waals surface area contributed by atoms with Crippen LogP contribution in [0.15, 0.2) is 59.5 Å². The Morgan fingerprint density at radius 2 is 1.62 bits per heavy atom. The predicted molar refractivity (Wildman–Crippen MR) is 103 cm³/mol. The largest absolute Gasteiger partial charge is 0.486 e. The van der Waals surface area contributed by atoms with Crippen LogP contribution in [0.1, 0.15) is 5.56 Å². The minimum Gasteiger partial charge on any atom is -0.486 e. The zero-order chi connectivity index (χ0) is 23.3. The van der Waals surface area contributed by atoms with Crippen molar-refractivity contribution in [2.75, 3.05) is 17.5 Å². The standard InChI is InChI=1S/C21H13F6NO3S/c22-16-6-2-5-15(19(16)24)12-9-17(23)20-18(10-12)28(7-8-31-20)32(29,30)14-4-1-3-13(11-14)21(25,26)27/h1-6,9-11H,7-8H2. The minimum absolute atomic E-state index is 0.173. The molecule has 168 valence electrons. The lowest BCUT2D eigenvalue weighted by Gasteiger charge is -2.31. The predicted octanol–water partition coefficient (Wildman–Crippen LogP) is 5.38. The number of hydrogen-bond donors (Lipinski definition) is 0. The van der Waals surface area contributed by atoms with E-state index in [1.54, 1.807) is 0 Å². The third-order valence-electron chi connectivity index (χ3n) is 4.85. The summed E-state index contributed by atoms with van der Waals surface area (Å²) in [6.07, 6.45) is -4.78. The van der Waals surface area contributed by atoms with Crippen molar-refractivity contribution in [2.45, 2.75) is 11.1 Å². The van der Waals surface area contributed by atoms with Gasteiger partial charge in [0.1, 0.15) is 6.61 Å². The first-order valence-electron chi connectivity index (χ1n) is 9.11. The molecular weight excluding hydrogens is 460 g/mol. The van der Waals surface area contributed by atoms with Crippen LogP contribution in [0, 0.1) is 17.5 Å². The van der Waals surface area contributed by atoms with E-state index in [0.717, 1.165) is 36.4 Å². The average Bonchev–Trinajstić information content (AvgIpc) is 2.74. The Labute approximate surface area is 178 Å². The first-order valence-corrected chi connectivity index (χ1v) is 10.5. The lowest BCUT2D eigenvalue weighted by Crippen LogP contribution is -2.38. The molecule has 3 aromatic rings. The Kier molecular flexibility index (Phi) is 5.32. The van der Waals surface area contributed by atoms with Crippen LogP contribution in [0.5, 0.6) is 5.75 Å². The topological polar surface area (TPSA) is 46.6 Å². The highest BCUT2D eigenvalue weighted by atomic mass is 32.2. The van der Waals surface area contributed by atoms with Gasteiger partial charge in [-0.05, 0) is 42.0 Å². The zero-order valence-corrected chi connectivity index (χ0v) is 16.8. The summed E-state index contributed by atoms with van der Waals surface area (Å²) in [6.45, 7) is -0.601. The lowest BCUT2D eigenvalue weighted by atomic mass is 10.0. The Hall–Kier alpha value is -3.21. The van der Waals surface area contributed by atoms with E-state index in [1.807, 2.05) is 0 Å². The Balaban J connectivity index is 1.86. The molecule has 32 heavy (non-hydrogen) atoms. The fraction of sp³-hybridized carbons (Fsp3) is 0.143. The van der Waals surface area contributed by atoms with Gasteiger partial charge in [-0.25, -0.2) is 21.6 Å². The highest BCUT2D eigenvalue weighted by Crippen LogP contribution is 2.41. The highest BCUT2D eigenvalue weighted by molar-refractivity contribution is 7.92. The number of halogens is 6. The number of sulfonamides is 1. The molecule has 0 N–H and O–H groups in total. The maximum Gasteiger partial charge on any atom is 0.416 e. The molecular formula is C21H13F6NO3S. The summed E-state index contributed by atoms with van der Waals surface area (Å²) >= 11 is 0. The average molecular weight is 473 g/mol. The third kappa shape index (κ3) is 3.77. The van der Waals surface area contributed by atoms with E-state index < -0.39 is 49.9 Å². The maximum atomic E-state index is 14.7. The van der Waals surface area contributed by atoms with E-state index in [2.05, 4.69) is 0 Å². The molecule has 0 fully saturated rings. The number of ether oxygens (including phenoxy) is 1. The summed E-state index contributed by atoms with van der Waals surface area (Å²) in [5.74, 6) is -3.96. The summed E-state index contributed by atoms with van der Waals surface area (Å²) in [7, 11) is -4.57. The van der Waals surface area contributed by atoms with Gasteiger partial charge in [0, 0.05) is 5.56 Å². The molecule has 1 heterocycles. The number of alkyl halides is 3. The summed E-state index contributed by atoms with van der Waals surface area (Å²) < 4.78 is 114. The van der Waals surface area contributed by atoms with Gasteiger partial charge in [-0.15, -0.1) is 0 Å². The van der Waals surface area contributed by atoms with Crippen molar-refractivity contribution in [1.82, 2.24) is 0 Å².